The summed E-state index contributed by atoms with van der Waals surface area (Å²) in [4.78, 5) is 26.3. The van der Waals surface area contributed by atoms with Crippen LogP contribution in [0.15, 0.2) is 4.34 Å². The Bertz CT molecular complexity index is 1040. The van der Waals surface area contributed by atoms with Crippen molar-refractivity contribution in [2.75, 3.05) is 16.0 Å². The van der Waals surface area contributed by atoms with Crippen LogP contribution in [0.25, 0.3) is 0 Å². The van der Waals surface area contributed by atoms with E-state index in [-0.39, 0.29) is 23.6 Å². The van der Waals surface area contributed by atoms with Crippen molar-refractivity contribution in [3.63, 3.8) is 0 Å². The van der Waals surface area contributed by atoms with Gasteiger partial charge in [-0.15, -0.1) is 10.2 Å². The van der Waals surface area contributed by atoms with Crippen molar-refractivity contribution in [3.8, 4) is 6.07 Å². The van der Waals surface area contributed by atoms with E-state index in [0.29, 0.717) is 26.9 Å². The number of amides is 2. The second-order valence-corrected chi connectivity index (χ2v) is 10.3. The highest BCUT2D eigenvalue weighted by molar-refractivity contribution is 8.01. The Morgan fingerprint density at radius 1 is 1.26 bits per heavy atom. The van der Waals surface area contributed by atoms with Crippen LogP contribution in [0.2, 0.25) is 0 Å². The minimum Gasteiger partial charge on any atom is -0.327 e. The van der Waals surface area contributed by atoms with Crippen LogP contribution in [0.1, 0.15) is 68.3 Å². The molecule has 8 nitrogen and oxygen atoms in total. The Kier molecular flexibility index (Phi) is 6.34. The van der Waals surface area contributed by atoms with E-state index in [0.717, 1.165) is 36.9 Å². The largest absolute Gasteiger partial charge is 0.327 e. The zero-order valence-electron chi connectivity index (χ0n) is 18.0. The summed E-state index contributed by atoms with van der Waals surface area (Å²) in [6.45, 7) is 5.49. The molecule has 2 fully saturated rings. The third-order valence-electron chi connectivity index (χ3n) is 6.00. The summed E-state index contributed by atoms with van der Waals surface area (Å²) >= 11 is 2.63. The molecule has 164 valence electrons. The molecule has 2 amide bonds. The first-order chi connectivity index (χ1) is 14.9. The summed E-state index contributed by atoms with van der Waals surface area (Å²) in [5.74, 6) is 0.567. The smallest absolute Gasteiger partial charge is 0.235 e. The van der Waals surface area contributed by atoms with Crippen molar-refractivity contribution in [2.45, 2.75) is 75.7 Å². The van der Waals surface area contributed by atoms with Crippen molar-refractivity contribution < 1.29 is 9.59 Å². The fourth-order valence-corrected chi connectivity index (χ4v) is 6.00. The zero-order valence-corrected chi connectivity index (χ0v) is 19.6. The summed E-state index contributed by atoms with van der Waals surface area (Å²) in [6, 6.07) is 2.83. The molecule has 31 heavy (non-hydrogen) atoms. The van der Waals surface area contributed by atoms with Crippen molar-refractivity contribution in [1.82, 2.24) is 14.8 Å². The van der Waals surface area contributed by atoms with E-state index >= 15 is 0 Å². The zero-order chi connectivity index (χ0) is 22.1. The van der Waals surface area contributed by atoms with Gasteiger partial charge in [-0.2, -0.15) is 5.26 Å². The molecule has 2 aromatic rings. The van der Waals surface area contributed by atoms with E-state index in [1.165, 1.54) is 42.9 Å². The van der Waals surface area contributed by atoms with Crippen LogP contribution in [0, 0.1) is 25.2 Å². The molecular weight excluding hydrogens is 432 g/mol. The molecular formula is C21H26N6O2S2. The SMILES string of the molecule is CC(=O)N(c1nnc(SCC(=O)Nc2c(C#N)c(C)c(C)n2C2CCCC2)s1)C1CC1. The van der Waals surface area contributed by atoms with Crippen molar-refractivity contribution >= 4 is 45.9 Å². The highest BCUT2D eigenvalue weighted by atomic mass is 32.2. The van der Waals surface area contributed by atoms with Crippen molar-refractivity contribution in [1.29, 1.82) is 5.26 Å². The van der Waals surface area contributed by atoms with Gasteiger partial charge in [-0.05, 0) is 45.1 Å². The van der Waals surface area contributed by atoms with E-state index in [1.54, 1.807) is 4.90 Å². The van der Waals surface area contributed by atoms with Gasteiger partial charge in [0, 0.05) is 24.7 Å². The molecule has 0 bridgehead atoms. The first-order valence-electron chi connectivity index (χ1n) is 10.6. The molecule has 2 aliphatic rings. The molecule has 0 spiro atoms. The Morgan fingerprint density at radius 2 is 1.97 bits per heavy atom. The summed E-state index contributed by atoms with van der Waals surface area (Å²) in [6.07, 6.45) is 6.46. The van der Waals surface area contributed by atoms with Gasteiger partial charge < -0.3 is 9.88 Å². The summed E-state index contributed by atoms with van der Waals surface area (Å²) in [7, 11) is 0. The van der Waals surface area contributed by atoms with Crippen LogP contribution in [-0.4, -0.2) is 38.4 Å². The Labute approximate surface area is 190 Å². The average Bonchev–Trinajstić information content (AvgIpc) is 3.13. The number of aromatic nitrogens is 3. The highest BCUT2D eigenvalue weighted by Crippen LogP contribution is 2.38. The third-order valence-corrected chi connectivity index (χ3v) is 8.05. The molecule has 0 aliphatic heterocycles. The lowest BCUT2D eigenvalue weighted by atomic mass is 10.2. The molecule has 0 aromatic carbocycles. The molecule has 10 heteroatoms. The molecule has 0 atom stereocenters. The fraction of sp³-hybridized carbons (Fsp3) is 0.571. The van der Waals surface area contributed by atoms with Gasteiger partial charge in [0.25, 0.3) is 0 Å². The molecule has 2 aromatic heterocycles. The van der Waals surface area contributed by atoms with Gasteiger partial charge in [0.1, 0.15) is 11.9 Å². The van der Waals surface area contributed by atoms with E-state index < -0.39 is 0 Å². The van der Waals surface area contributed by atoms with Gasteiger partial charge in [0.05, 0.1) is 11.3 Å². The molecule has 4 rings (SSSR count). The number of nitriles is 1. The summed E-state index contributed by atoms with van der Waals surface area (Å²) < 4.78 is 2.79. The molecule has 0 radical (unpaired) electrons. The van der Waals surface area contributed by atoms with E-state index in [2.05, 4.69) is 26.2 Å². The lowest BCUT2D eigenvalue weighted by Crippen LogP contribution is -2.30. The van der Waals surface area contributed by atoms with E-state index in [1.807, 2.05) is 13.8 Å². The van der Waals surface area contributed by atoms with Gasteiger partial charge in [0.2, 0.25) is 16.9 Å². The number of thioether (sulfide) groups is 1. The van der Waals surface area contributed by atoms with Crippen LogP contribution < -0.4 is 10.2 Å². The van der Waals surface area contributed by atoms with E-state index in [4.69, 9.17) is 0 Å². The average molecular weight is 459 g/mol. The normalized spacial score (nSPS) is 16.3. The molecule has 2 heterocycles. The molecule has 2 aliphatic carbocycles. The van der Waals surface area contributed by atoms with Crippen LogP contribution >= 0.6 is 23.1 Å². The van der Waals surface area contributed by atoms with Crippen LogP contribution in [0.4, 0.5) is 10.9 Å². The van der Waals surface area contributed by atoms with Gasteiger partial charge in [-0.25, -0.2) is 0 Å². The number of carbonyl (C=O) groups is 2. The molecule has 2 saturated carbocycles. The lowest BCUT2D eigenvalue weighted by molar-refractivity contribution is -0.116. The maximum atomic E-state index is 12.7. The van der Waals surface area contributed by atoms with Gasteiger partial charge in [0.15, 0.2) is 4.34 Å². The molecule has 1 N–H and O–H groups in total. The Balaban J connectivity index is 1.45. The minimum absolute atomic E-state index is 0.0320. The highest BCUT2D eigenvalue weighted by Gasteiger charge is 2.34. The first-order valence-corrected chi connectivity index (χ1v) is 12.4. The number of rotatable bonds is 7. The third kappa shape index (κ3) is 4.48. The quantitative estimate of drug-likeness (QED) is 0.493. The van der Waals surface area contributed by atoms with Crippen LogP contribution in [0.5, 0.6) is 0 Å². The molecule has 0 saturated heterocycles. The Morgan fingerprint density at radius 3 is 2.58 bits per heavy atom. The van der Waals surface area contributed by atoms with Crippen molar-refractivity contribution in [3.05, 3.63) is 16.8 Å². The van der Waals surface area contributed by atoms with Gasteiger partial charge in [-0.3, -0.25) is 14.5 Å². The number of nitrogens with one attached hydrogen (secondary N) is 1. The minimum atomic E-state index is -0.180. The maximum Gasteiger partial charge on any atom is 0.235 e. The van der Waals surface area contributed by atoms with Crippen LogP contribution in [-0.2, 0) is 9.59 Å². The summed E-state index contributed by atoms with van der Waals surface area (Å²) in [5, 5.41) is 21.5. The number of anilines is 2. The number of hydrogen-bond donors (Lipinski definition) is 1. The van der Waals surface area contributed by atoms with Crippen molar-refractivity contribution in [2.24, 2.45) is 0 Å². The maximum absolute atomic E-state index is 12.7. The number of nitrogens with zero attached hydrogens (tertiary/aromatic N) is 5. The topological polar surface area (TPSA) is 104 Å². The standard InChI is InChI=1S/C21H26N6O2S2/c1-12-13(2)26(15-6-4-5-7-15)19(17(12)10-22)23-18(29)11-30-21-25-24-20(31-21)27(14(3)28)16-8-9-16/h15-16H,4-9,11H2,1-3H3,(H,23,29). The lowest BCUT2D eigenvalue weighted by Gasteiger charge is -2.19. The van der Waals surface area contributed by atoms with Gasteiger partial charge >= 0.3 is 0 Å². The number of carbonyl (C=O) groups excluding carboxylic acids is 2. The second kappa shape index (κ2) is 9.01. The fourth-order valence-electron chi connectivity index (χ4n) is 4.24. The Hall–Kier alpha value is -2.38. The first kappa shape index (κ1) is 21.8. The summed E-state index contributed by atoms with van der Waals surface area (Å²) in [5.41, 5.74) is 2.52. The monoisotopic (exact) mass is 458 g/mol. The van der Waals surface area contributed by atoms with Crippen LogP contribution in [0.3, 0.4) is 0 Å². The predicted molar refractivity (Wildman–Crippen MR) is 122 cm³/mol. The number of hydrogen-bond acceptors (Lipinski definition) is 7. The van der Waals surface area contributed by atoms with Gasteiger partial charge in [-0.1, -0.05) is 35.9 Å². The molecule has 0 unspecified atom stereocenters. The van der Waals surface area contributed by atoms with E-state index in [9.17, 15) is 14.9 Å². The predicted octanol–water partition coefficient (Wildman–Crippen LogP) is 4.19. The second-order valence-electron chi connectivity index (χ2n) is 8.16.